The average molecular weight is 376 g/mol. The first-order valence-corrected chi connectivity index (χ1v) is 9.08. The third-order valence-corrected chi connectivity index (χ3v) is 4.37. The molecule has 0 aliphatic carbocycles. The van der Waals surface area contributed by atoms with E-state index >= 15 is 0 Å². The normalized spacial score (nSPS) is 10.4. The van der Waals surface area contributed by atoms with Crippen LogP contribution in [0.4, 0.5) is 10.1 Å². The Labute approximate surface area is 163 Å². The second kappa shape index (κ2) is 8.95. The van der Waals surface area contributed by atoms with E-state index < -0.39 is 0 Å². The lowest BCUT2D eigenvalue weighted by Gasteiger charge is -2.09. The molecule has 0 aromatic heterocycles. The van der Waals surface area contributed by atoms with E-state index in [4.69, 9.17) is 0 Å². The van der Waals surface area contributed by atoms with Crippen molar-refractivity contribution in [1.29, 1.82) is 0 Å². The summed E-state index contributed by atoms with van der Waals surface area (Å²) in [5, 5.41) is 5.60. The maximum Gasteiger partial charge on any atom is 0.255 e. The summed E-state index contributed by atoms with van der Waals surface area (Å²) in [5.41, 5.74) is 3.47. The van der Waals surface area contributed by atoms with Crippen LogP contribution in [0.1, 0.15) is 38.8 Å². The van der Waals surface area contributed by atoms with Crippen molar-refractivity contribution < 1.29 is 14.0 Å². The molecule has 4 nitrogen and oxygen atoms in total. The molecule has 0 spiro atoms. The van der Waals surface area contributed by atoms with Gasteiger partial charge < -0.3 is 10.6 Å². The van der Waals surface area contributed by atoms with Crippen molar-refractivity contribution in [1.82, 2.24) is 5.32 Å². The minimum atomic E-state index is -0.321. The fraction of sp³-hybridized carbons (Fsp3) is 0.130. The second-order valence-electron chi connectivity index (χ2n) is 6.39. The van der Waals surface area contributed by atoms with E-state index in [0.717, 1.165) is 12.0 Å². The summed E-state index contributed by atoms with van der Waals surface area (Å²) in [7, 11) is 0. The molecule has 0 saturated carbocycles. The van der Waals surface area contributed by atoms with Crippen LogP contribution in [0.25, 0.3) is 0 Å². The van der Waals surface area contributed by atoms with E-state index in [1.165, 1.54) is 17.7 Å². The van der Waals surface area contributed by atoms with Crippen LogP contribution >= 0.6 is 0 Å². The van der Waals surface area contributed by atoms with Gasteiger partial charge in [-0.3, -0.25) is 9.59 Å². The van der Waals surface area contributed by atoms with Gasteiger partial charge in [-0.05, 0) is 60.0 Å². The minimum absolute atomic E-state index is 0.277. The number of carbonyl (C=O) groups excluding carboxylic acids is 2. The van der Waals surface area contributed by atoms with Crippen molar-refractivity contribution >= 4 is 17.5 Å². The van der Waals surface area contributed by atoms with E-state index in [9.17, 15) is 14.0 Å². The summed E-state index contributed by atoms with van der Waals surface area (Å²) < 4.78 is 12.9. The number of rotatable bonds is 6. The predicted molar refractivity (Wildman–Crippen MR) is 108 cm³/mol. The monoisotopic (exact) mass is 376 g/mol. The van der Waals surface area contributed by atoms with Gasteiger partial charge in [-0.25, -0.2) is 4.39 Å². The van der Waals surface area contributed by atoms with Crippen molar-refractivity contribution in [2.45, 2.75) is 19.9 Å². The summed E-state index contributed by atoms with van der Waals surface area (Å²) in [4.78, 5) is 24.8. The topological polar surface area (TPSA) is 58.2 Å². The van der Waals surface area contributed by atoms with Gasteiger partial charge in [-0.1, -0.05) is 37.3 Å². The molecule has 0 atom stereocenters. The second-order valence-corrected chi connectivity index (χ2v) is 6.39. The molecule has 0 aliphatic rings. The van der Waals surface area contributed by atoms with Gasteiger partial charge in [0.2, 0.25) is 0 Å². The maximum absolute atomic E-state index is 12.9. The molecule has 0 aliphatic heterocycles. The molecular weight excluding hydrogens is 355 g/mol. The van der Waals surface area contributed by atoms with Crippen molar-refractivity contribution in [2.24, 2.45) is 0 Å². The molecule has 0 radical (unpaired) electrons. The molecule has 28 heavy (non-hydrogen) atoms. The van der Waals surface area contributed by atoms with Gasteiger partial charge in [-0.15, -0.1) is 0 Å². The van der Waals surface area contributed by atoms with Crippen LogP contribution in [0.5, 0.6) is 0 Å². The lowest BCUT2D eigenvalue weighted by Crippen LogP contribution is -2.23. The van der Waals surface area contributed by atoms with Gasteiger partial charge >= 0.3 is 0 Å². The number of aryl methyl sites for hydroxylation is 1. The summed E-state index contributed by atoms with van der Waals surface area (Å²) in [6.45, 7) is 2.35. The van der Waals surface area contributed by atoms with Crippen LogP contribution in [0.2, 0.25) is 0 Å². The minimum Gasteiger partial charge on any atom is -0.348 e. The van der Waals surface area contributed by atoms with Crippen molar-refractivity contribution in [3.05, 3.63) is 101 Å². The molecule has 3 aromatic rings. The molecule has 3 rings (SSSR count). The zero-order valence-electron chi connectivity index (χ0n) is 15.5. The van der Waals surface area contributed by atoms with E-state index in [1.807, 2.05) is 24.3 Å². The number of halogens is 1. The zero-order chi connectivity index (χ0) is 19.9. The van der Waals surface area contributed by atoms with Crippen LogP contribution in [-0.4, -0.2) is 11.8 Å². The van der Waals surface area contributed by atoms with Gasteiger partial charge in [-0.2, -0.15) is 0 Å². The highest BCUT2D eigenvalue weighted by molar-refractivity contribution is 6.06. The zero-order valence-corrected chi connectivity index (χ0v) is 15.5. The van der Waals surface area contributed by atoms with Gasteiger partial charge in [0.1, 0.15) is 5.82 Å². The Morgan fingerprint density at radius 3 is 2.07 bits per heavy atom. The summed E-state index contributed by atoms with van der Waals surface area (Å²) >= 11 is 0. The third-order valence-electron chi connectivity index (χ3n) is 4.37. The lowest BCUT2D eigenvalue weighted by molar-refractivity contribution is 0.0951. The van der Waals surface area contributed by atoms with Crippen molar-refractivity contribution in [3.63, 3.8) is 0 Å². The number of carbonyl (C=O) groups is 2. The molecule has 0 fully saturated rings. The molecule has 2 N–H and O–H groups in total. The first-order chi connectivity index (χ1) is 13.5. The average Bonchev–Trinajstić information content (AvgIpc) is 2.73. The number of anilines is 1. The van der Waals surface area contributed by atoms with Crippen LogP contribution in [0.3, 0.4) is 0 Å². The maximum atomic E-state index is 12.9. The van der Waals surface area contributed by atoms with E-state index in [0.29, 0.717) is 16.8 Å². The molecule has 3 aromatic carbocycles. The number of nitrogens with one attached hydrogen (secondary N) is 2. The molecule has 0 bridgehead atoms. The largest absolute Gasteiger partial charge is 0.348 e. The molecule has 0 unspecified atom stereocenters. The van der Waals surface area contributed by atoms with E-state index in [-0.39, 0.29) is 24.2 Å². The summed E-state index contributed by atoms with van der Waals surface area (Å²) in [6.07, 6.45) is 0.934. The van der Waals surface area contributed by atoms with Gasteiger partial charge in [0.15, 0.2) is 0 Å². The molecule has 5 heteroatoms. The van der Waals surface area contributed by atoms with Gasteiger partial charge in [0.25, 0.3) is 11.8 Å². The highest BCUT2D eigenvalue weighted by atomic mass is 19.1. The van der Waals surface area contributed by atoms with Gasteiger partial charge in [0.05, 0.1) is 0 Å². The fourth-order valence-corrected chi connectivity index (χ4v) is 2.72. The third kappa shape index (κ3) is 5.04. The molecule has 2 amide bonds. The Kier molecular flexibility index (Phi) is 6.17. The first kappa shape index (κ1) is 19.3. The standard InChI is InChI=1S/C23H21FN2O2/c1-2-16-8-12-21(13-9-16)26-23(28)19-5-3-4-18(14-19)22(27)25-15-17-6-10-20(24)11-7-17/h3-14H,2,15H2,1H3,(H,25,27)(H,26,28). The quantitative estimate of drug-likeness (QED) is 0.662. The molecule has 0 heterocycles. The smallest absolute Gasteiger partial charge is 0.255 e. The number of hydrogen-bond acceptors (Lipinski definition) is 2. The van der Waals surface area contributed by atoms with Crippen LogP contribution < -0.4 is 10.6 Å². The SMILES string of the molecule is CCc1ccc(NC(=O)c2cccc(C(=O)NCc3ccc(F)cc3)c2)cc1. The number of hydrogen-bond donors (Lipinski definition) is 2. The summed E-state index contributed by atoms with van der Waals surface area (Å²) in [6, 6.07) is 20.1. The van der Waals surface area contributed by atoms with Crippen LogP contribution in [0.15, 0.2) is 72.8 Å². The lowest BCUT2D eigenvalue weighted by atomic mass is 10.1. The Bertz CT molecular complexity index is 967. The summed E-state index contributed by atoms with van der Waals surface area (Å²) in [5.74, 6) is -0.901. The van der Waals surface area contributed by atoms with Crippen LogP contribution in [0, 0.1) is 5.82 Å². The molecular formula is C23H21FN2O2. The highest BCUT2D eigenvalue weighted by Crippen LogP contribution is 2.13. The van der Waals surface area contributed by atoms with Crippen molar-refractivity contribution in [3.8, 4) is 0 Å². The number of amides is 2. The Morgan fingerprint density at radius 1 is 0.821 bits per heavy atom. The Balaban J connectivity index is 1.64. The predicted octanol–water partition coefficient (Wildman–Crippen LogP) is 4.57. The molecule has 0 saturated heterocycles. The molecule has 142 valence electrons. The fourth-order valence-electron chi connectivity index (χ4n) is 2.72. The van der Waals surface area contributed by atoms with Crippen molar-refractivity contribution in [2.75, 3.05) is 5.32 Å². The first-order valence-electron chi connectivity index (χ1n) is 9.08. The Morgan fingerprint density at radius 2 is 1.43 bits per heavy atom. The van der Waals surface area contributed by atoms with E-state index in [2.05, 4.69) is 17.6 Å². The Hall–Kier alpha value is -3.47. The van der Waals surface area contributed by atoms with Gasteiger partial charge in [0, 0.05) is 23.4 Å². The highest BCUT2D eigenvalue weighted by Gasteiger charge is 2.11. The number of benzene rings is 3. The van der Waals surface area contributed by atoms with E-state index in [1.54, 1.807) is 36.4 Å². The van der Waals surface area contributed by atoms with Crippen LogP contribution in [-0.2, 0) is 13.0 Å².